The van der Waals surface area contributed by atoms with Gasteiger partial charge in [-0.25, -0.2) is 4.79 Å². The normalized spacial score (nSPS) is 17.6. The van der Waals surface area contributed by atoms with Gasteiger partial charge in [-0.05, 0) is 32.4 Å². The Bertz CT molecular complexity index is 707. The number of nitrogens with one attached hydrogen (secondary N) is 2. The Morgan fingerprint density at radius 1 is 1.26 bits per heavy atom. The molecule has 0 saturated carbocycles. The van der Waals surface area contributed by atoms with Crippen LogP contribution in [0.5, 0.6) is 0 Å². The number of benzene rings is 1. The molecule has 6 nitrogen and oxygen atoms in total. The van der Waals surface area contributed by atoms with Crippen LogP contribution in [0, 0.1) is 19.8 Å². The third kappa shape index (κ3) is 3.59. The molecular weight excluding hydrogens is 296 g/mol. The second kappa shape index (κ2) is 6.64. The second-order valence-corrected chi connectivity index (χ2v) is 5.64. The first-order valence-electron chi connectivity index (χ1n) is 7.30. The molecule has 122 valence electrons. The summed E-state index contributed by atoms with van der Waals surface area (Å²) in [4.78, 5) is 36.3. The molecule has 0 bridgehead atoms. The number of hydrogen-bond acceptors (Lipinski definition) is 4. The summed E-state index contributed by atoms with van der Waals surface area (Å²) in [5, 5.41) is 5.37. The average molecular weight is 316 g/mol. The number of carbonyl (C=O) groups is 3. The Labute approximate surface area is 134 Å². The van der Waals surface area contributed by atoms with Crippen LogP contribution in [0.4, 0.5) is 5.69 Å². The minimum Gasteiger partial charge on any atom is -0.466 e. The maximum atomic E-state index is 12.6. The van der Waals surface area contributed by atoms with Gasteiger partial charge in [0.25, 0.3) is 0 Å². The molecule has 1 heterocycles. The van der Waals surface area contributed by atoms with Gasteiger partial charge >= 0.3 is 5.97 Å². The Hall–Kier alpha value is -2.63. The van der Waals surface area contributed by atoms with E-state index < -0.39 is 17.8 Å². The van der Waals surface area contributed by atoms with Gasteiger partial charge in [-0.1, -0.05) is 17.7 Å². The van der Waals surface area contributed by atoms with Crippen molar-refractivity contribution in [1.29, 1.82) is 0 Å². The van der Waals surface area contributed by atoms with Gasteiger partial charge in [-0.2, -0.15) is 0 Å². The van der Waals surface area contributed by atoms with Crippen LogP contribution in [0.1, 0.15) is 24.5 Å². The summed E-state index contributed by atoms with van der Waals surface area (Å²) < 4.78 is 4.74. The molecule has 0 saturated heterocycles. The van der Waals surface area contributed by atoms with E-state index in [2.05, 4.69) is 10.6 Å². The van der Waals surface area contributed by atoms with Gasteiger partial charge in [-0.3, -0.25) is 9.59 Å². The average Bonchev–Trinajstić information content (AvgIpc) is 2.48. The summed E-state index contributed by atoms with van der Waals surface area (Å²) in [5.74, 6) is -2.16. The van der Waals surface area contributed by atoms with E-state index in [9.17, 15) is 14.4 Å². The molecule has 0 aliphatic carbocycles. The van der Waals surface area contributed by atoms with Crippen molar-refractivity contribution in [3.05, 3.63) is 40.6 Å². The molecule has 0 spiro atoms. The van der Waals surface area contributed by atoms with E-state index in [4.69, 9.17) is 4.74 Å². The zero-order valence-corrected chi connectivity index (χ0v) is 13.6. The van der Waals surface area contributed by atoms with Crippen LogP contribution in [-0.4, -0.2) is 24.9 Å². The lowest BCUT2D eigenvalue weighted by atomic mass is 9.89. The van der Waals surface area contributed by atoms with Crippen molar-refractivity contribution < 1.29 is 19.1 Å². The lowest BCUT2D eigenvalue weighted by Gasteiger charge is -2.25. The minimum absolute atomic E-state index is 0.0848. The first-order chi connectivity index (χ1) is 10.8. The van der Waals surface area contributed by atoms with Gasteiger partial charge in [-0.15, -0.1) is 0 Å². The largest absolute Gasteiger partial charge is 0.466 e. The Morgan fingerprint density at radius 3 is 2.57 bits per heavy atom. The van der Waals surface area contributed by atoms with E-state index in [-0.39, 0.29) is 17.9 Å². The smallest absolute Gasteiger partial charge is 0.336 e. The summed E-state index contributed by atoms with van der Waals surface area (Å²) in [6.07, 6.45) is -0.0848. The molecule has 1 aliphatic heterocycles. The zero-order chi connectivity index (χ0) is 17.1. The molecule has 0 aromatic heterocycles. The number of anilines is 1. The van der Waals surface area contributed by atoms with Crippen molar-refractivity contribution in [2.75, 3.05) is 12.4 Å². The summed E-state index contributed by atoms with van der Waals surface area (Å²) >= 11 is 0. The predicted molar refractivity (Wildman–Crippen MR) is 85.5 cm³/mol. The lowest BCUT2D eigenvalue weighted by molar-refractivity contribution is -0.139. The highest BCUT2D eigenvalue weighted by atomic mass is 16.5. The van der Waals surface area contributed by atoms with Gasteiger partial charge < -0.3 is 15.4 Å². The maximum Gasteiger partial charge on any atom is 0.336 e. The Morgan fingerprint density at radius 2 is 1.96 bits per heavy atom. The van der Waals surface area contributed by atoms with Crippen molar-refractivity contribution in [2.45, 2.75) is 27.2 Å². The van der Waals surface area contributed by atoms with E-state index in [0.717, 1.165) is 11.1 Å². The molecule has 0 radical (unpaired) electrons. The fraction of sp³-hybridized carbons (Fsp3) is 0.353. The molecule has 2 amide bonds. The van der Waals surface area contributed by atoms with Crippen molar-refractivity contribution in [3.8, 4) is 0 Å². The third-order valence-electron chi connectivity index (χ3n) is 3.83. The Balaban J connectivity index is 2.30. The highest BCUT2D eigenvalue weighted by Gasteiger charge is 2.36. The van der Waals surface area contributed by atoms with Crippen LogP contribution in [0.25, 0.3) is 0 Å². The van der Waals surface area contributed by atoms with Gasteiger partial charge in [0.05, 0.1) is 18.6 Å². The molecule has 1 aromatic rings. The number of ether oxygens (including phenoxy) is 1. The van der Waals surface area contributed by atoms with Crippen LogP contribution in [0.2, 0.25) is 0 Å². The van der Waals surface area contributed by atoms with Crippen LogP contribution < -0.4 is 10.6 Å². The quantitative estimate of drug-likeness (QED) is 0.833. The molecule has 2 N–H and O–H groups in total. The van der Waals surface area contributed by atoms with Crippen LogP contribution >= 0.6 is 0 Å². The van der Waals surface area contributed by atoms with E-state index in [1.54, 1.807) is 13.0 Å². The van der Waals surface area contributed by atoms with Gasteiger partial charge in [0.2, 0.25) is 11.8 Å². The molecule has 23 heavy (non-hydrogen) atoms. The number of esters is 1. The molecular formula is C17H20N2O4. The first-order valence-corrected chi connectivity index (χ1v) is 7.30. The third-order valence-corrected chi connectivity index (χ3v) is 3.83. The lowest BCUT2D eigenvalue weighted by Crippen LogP contribution is -2.40. The standard InChI is InChI=1S/C17H20N2O4/c1-9-5-6-13(10(2)7-9)19-16(21)12-8-14(20)18-11(3)15(12)17(22)23-4/h5-7,12H,8H2,1-4H3,(H,18,20)(H,19,21). The van der Waals surface area contributed by atoms with Crippen LogP contribution in [-0.2, 0) is 19.1 Å². The summed E-state index contributed by atoms with van der Waals surface area (Å²) in [5.41, 5.74) is 3.21. The predicted octanol–water partition coefficient (Wildman–Crippen LogP) is 1.83. The molecule has 1 atom stereocenters. The van der Waals surface area contributed by atoms with Crippen molar-refractivity contribution in [3.63, 3.8) is 0 Å². The van der Waals surface area contributed by atoms with Crippen molar-refractivity contribution in [2.24, 2.45) is 5.92 Å². The maximum absolute atomic E-state index is 12.6. The number of allylic oxidation sites excluding steroid dienone is 1. The van der Waals surface area contributed by atoms with Gasteiger partial charge in [0.15, 0.2) is 0 Å². The van der Waals surface area contributed by atoms with E-state index in [1.807, 2.05) is 26.0 Å². The monoisotopic (exact) mass is 316 g/mol. The number of amides is 2. The van der Waals surface area contributed by atoms with Gasteiger partial charge in [0, 0.05) is 17.8 Å². The molecule has 0 fully saturated rings. The van der Waals surface area contributed by atoms with Crippen molar-refractivity contribution >= 4 is 23.5 Å². The van der Waals surface area contributed by atoms with Crippen LogP contribution in [0.15, 0.2) is 29.5 Å². The molecule has 1 unspecified atom stereocenters. The second-order valence-electron chi connectivity index (χ2n) is 5.64. The fourth-order valence-electron chi connectivity index (χ4n) is 2.68. The molecule has 1 aromatic carbocycles. The highest BCUT2D eigenvalue weighted by molar-refractivity contribution is 6.06. The number of hydrogen-bond donors (Lipinski definition) is 2. The van der Waals surface area contributed by atoms with E-state index in [1.165, 1.54) is 7.11 Å². The Kier molecular flexibility index (Phi) is 4.83. The first kappa shape index (κ1) is 16.7. The SMILES string of the molecule is COC(=O)C1=C(C)NC(=O)CC1C(=O)Nc1ccc(C)cc1C. The summed E-state index contributed by atoms with van der Waals surface area (Å²) in [7, 11) is 1.25. The minimum atomic E-state index is -0.864. The highest BCUT2D eigenvalue weighted by Crippen LogP contribution is 2.26. The number of carbonyl (C=O) groups excluding carboxylic acids is 3. The summed E-state index contributed by atoms with van der Waals surface area (Å²) in [6, 6.07) is 5.64. The van der Waals surface area contributed by atoms with E-state index >= 15 is 0 Å². The number of methoxy groups -OCH3 is 1. The van der Waals surface area contributed by atoms with Gasteiger partial charge in [0.1, 0.15) is 0 Å². The molecule has 6 heteroatoms. The number of aryl methyl sites for hydroxylation is 2. The molecule has 2 rings (SSSR count). The van der Waals surface area contributed by atoms with E-state index in [0.29, 0.717) is 11.4 Å². The number of rotatable bonds is 3. The molecule has 1 aliphatic rings. The zero-order valence-electron chi connectivity index (χ0n) is 13.6. The fourth-order valence-corrected chi connectivity index (χ4v) is 2.68. The van der Waals surface area contributed by atoms with Crippen molar-refractivity contribution in [1.82, 2.24) is 5.32 Å². The van der Waals surface area contributed by atoms with Crippen LogP contribution in [0.3, 0.4) is 0 Å². The summed E-state index contributed by atoms with van der Waals surface area (Å²) in [6.45, 7) is 5.44. The topological polar surface area (TPSA) is 84.5 Å².